The number of rotatable bonds is 10. The number of nitrogens with one attached hydrogen (secondary N) is 2. The molecule has 8 heteroatoms. The molecule has 0 fully saturated rings. The van der Waals surface area contributed by atoms with Gasteiger partial charge in [-0.1, -0.05) is 31.2 Å². The monoisotopic (exact) mass is 465 g/mol. The maximum absolute atomic E-state index is 14.4. The minimum absolute atomic E-state index is 0. The molecule has 0 saturated carbocycles. The summed E-state index contributed by atoms with van der Waals surface area (Å²) in [6, 6.07) is 14.2. The SMILES string of the molecule is C.CC(C)=CC(=O)c1cccc(Nc2nc(Nc3cccc(OCCN(C)C)c3)ncc2F)c1. The summed E-state index contributed by atoms with van der Waals surface area (Å²) in [4.78, 5) is 22.6. The zero-order chi connectivity index (χ0) is 23.8. The van der Waals surface area contributed by atoms with E-state index in [0.717, 1.165) is 18.3 Å². The highest BCUT2D eigenvalue weighted by molar-refractivity contribution is 6.05. The molecule has 7 nitrogen and oxygen atoms in total. The van der Waals surface area contributed by atoms with Crippen LogP contribution >= 0.6 is 0 Å². The Hall–Kier alpha value is -3.78. The lowest BCUT2D eigenvalue weighted by Gasteiger charge is -2.13. The number of aromatic nitrogens is 2. The van der Waals surface area contributed by atoms with E-state index in [0.29, 0.717) is 29.3 Å². The summed E-state index contributed by atoms with van der Waals surface area (Å²) in [5.41, 5.74) is 2.66. The number of nitrogens with zero attached hydrogens (tertiary/aromatic N) is 3. The van der Waals surface area contributed by atoms with Gasteiger partial charge >= 0.3 is 0 Å². The van der Waals surface area contributed by atoms with Gasteiger partial charge in [0.2, 0.25) is 5.95 Å². The van der Waals surface area contributed by atoms with Crippen LogP contribution in [0.1, 0.15) is 31.6 Å². The van der Waals surface area contributed by atoms with Crippen molar-refractivity contribution in [3.05, 3.63) is 77.8 Å². The van der Waals surface area contributed by atoms with Gasteiger partial charge in [0, 0.05) is 29.5 Å². The van der Waals surface area contributed by atoms with Crippen LogP contribution in [0, 0.1) is 5.82 Å². The molecule has 1 aromatic heterocycles. The molecule has 0 aliphatic carbocycles. The number of benzene rings is 2. The molecule has 0 bridgehead atoms. The molecular weight excluding hydrogens is 433 g/mol. The highest BCUT2D eigenvalue weighted by atomic mass is 19.1. The van der Waals surface area contributed by atoms with Gasteiger partial charge in [0.1, 0.15) is 12.4 Å². The smallest absolute Gasteiger partial charge is 0.229 e. The molecule has 2 N–H and O–H groups in total. The number of likely N-dealkylation sites (N-methyl/N-ethyl adjacent to an activating group) is 1. The zero-order valence-corrected chi connectivity index (χ0v) is 19.2. The first-order valence-corrected chi connectivity index (χ1v) is 10.5. The number of ether oxygens (including phenoxy) is 1. The summed E-state index contributed by atoms with van der Waals surface area (Å²) in [5, 5.41) is 6.00. The number of hydrogen-bond acceptors (Lipinski definition) is 7. The highest BCUT2D eigenvalue weighted by Gasteiger charge is 2.10. The Morgan fingerprint density at radius 2 is 1.79 bits per heavy atom. The Balaban J connectivity index is 0.00000408. The third-order valence-electron chi connectivity index (χ3n) is 4.47. The molecule has 0 radical (unpaired) electrons. The van der Waals surface area contributed by atoms with E-state index in [9.17, 15) is 9.18 Å². The second-order valence-corrected chi connectivity index (χ2v) is 7.99. The van der Waals surface area contributed by atoms with Crippen LogP contribution in [0.3, 0.4) is 0 Å². The molecule has 1 heterocycles. The van der Waals surface area contributed by atoms with Gasteiger partial charge in [-0.3, -0.25) is 4.79 Å². The maximum atomic E-state index is 14.4. The van der Waals surface area contributed by atoms with Crippen LogP contribution in [0.5, 0.6) is 5.75 Å². The number of hydrogen-bond donors (Lipinski definition) is 2. The number of carbonyl (C=O) groups excluding carboxylic acids is 1. The third-order valence-corrected chi connectivity index (χ3v) is 4.47. The fourth-order valence-corrected chi connectivity index (χ4v) is 2.89. The predicted octanol–water partition coefficient (Wildman–Crippen LogP) is 5.83. The van der Waals surface area contributed by atoms with Crippen LogP contribution in [0.15, 0.2) is 66.4 Å². The molecule has 180 valence electrons. The summed E-state index contributed by atoms with van der Waals surface area (Å²) in [6.07, 6.45) is 2.65. The molecular formula is C26H32FN5O2. The summed E-state index contributed by atoms with van der Waals surface area (Å²) in [5.74, 6) is 0.207. The fraction of sp³-hybridized carbons (Fsp3) is 0.269. The van der Waals surface area contributed by atoms with E-state index < -0.39 is 5.82 Å². The van der Waals surface area contributed by atoms with Crippen molar-refractivity contribution < 1.29 is 13.9 Å². The normalized spacial score (nSPS) is 10.3. The summed E-state index contributed by atoms with van der Waals surface area (Å²) in [7, 11) is 3.96. The number of allylic oxidation sites excluding steroid dienone is 2. The predicted molar refractivity (Wildman–Crippen MR) is 136 cm³/mol. The van der Waals surface area contributed by atoms with E-state index in [4.69, 9.17) is 4.74 Å². The Morgan fingerprint density at radius 1 is 1.09 bits per heavy atom. The van der Waals surface area contributed by atoms with Gasteiger partial charge < -0.3 is 20.3 Å². The van der Waals surface area contributed by atoms with Crippen LogP contribution in [-0.4, -0.2) is 47.9 Å². The average Bonchev–Trinajstić information content (AvgIpc) is 2.76. The largest absolute Gasteiger partial charge is 0.492 e. The molecule has 3 rings (SSSR count). The number of ketones is 1. The summed E-state index contributed by atoms with van der Waals surface area (Å²) in [6.45, 7) is 5.08. The first-order chi connectivity index (χ1) is 15.8. The molecule has 0 atom stereocenters. The Labute approximate surface area is 200 Å². The van der Waals surface area contributed by atoms with Gasteiger partial charge in [-0.25, -0.2) is 9.37 Å². The zero-order valence-electron chi connectivity index (χ0n) is 19.2. The molecule has 0 amide bonds. The maximum Gasteiger partial charge on any atom is 0.229 e. The molecule has 34 heavy (non-hydrogen) atoms. The fourth-order valence-electron chi connectivity index (χ4n) is 2.89. The van der Waals surface area contributed by atoms with Crippen molar-refractivity contribution in [3.63, 3.8) is 0 Å². The molecule has 0 saturated heterocycles. The number of carbonyl (C=O) groups is 1. The first kappa shape index (κ1) is 26.5. The van der Waals surface area contributed by atoms with Gasteiger partial charge in [-0.2, -0.15) is 4.98 Å². The second kappa shape index (κ2) is 12.5. The van der Waals surface area contributed by atoms with E-state index in [1.165, 1.54) is 0 Å². The van der Waals surface area contributed by atoms with Crippen molar-refractivity contribution in [3.8, 4) is 5.75 Å². The van der Waals surface area contributed by atoms with Crippen molar-refractivity contribution in [2.45, 2.75) is 21.3 Å². The highest BCUT2D eigenvalue weighted by Crippen LogP contribution is 2.23. The minimum Gasteiger partial charge on any atom is -0.492 e. The van der Waals surface area contributed by atoms with Gasteiger partial charge in [-0.15, -0.1) is 0 Å². The van der Waals surface area contributed by atoms with Crippen molar-refractivity contribution in [1.82, 2.24) is 14.9 Å². The molecule has 0 aliphatic rings. The van der Waals surface area contributed by atoms with E-state index >= 15 is 0 Å². The molecule has 0 unspecified atom stereocenters. The standard InChI is InChI=1S/C25H28FN5O2.CH4/c1-17(2)13-23(32)18-7-5-8-19(14-18)28-24-22(26)16-27-25(30-24)29-20-9-6-10-21(15-20)33-12-11-31(3)4;/h5-10,13-16H,11-12H2,1-4H3,(H2,27,28,29,30);1H4. The molecule has 3 aromatic rings. The van der Waals surface area contributed by atoms with Crippen molar-refractivity contribution in [2.75, 3.05) is 37.9 Å². The van der Waals surface area contributed by atoms with E-state index in [1.54, 1.807) is 30.3 Å². The molecule has 0 aliphatic heterocycles. The lowest BCUT2D eigenvalue weighted by atomic mass is 10.1. The second-order valence-electron chi connectivity index (χ2n) is 7.99. The van der Waals surface area contributed by atoms with Crippen LogP contribution in [0.4, 0.5) is 27.5 Å². The van der Waals surface area contributed by atoms with E-state index in [2.05, 4.69) is 20.6 Å². The minimum atomic E-state index is -0.609. The molecule has 0 spiro atoms. The van der Waals surface area contributed by atoms with Gasteiger partial charge in [0.15, 0.2) is 17.4 Å². The van der Waals surface area contributed by atoms with Crippen molar-refractivity contribution in [1.29, 1.82) is 0 Å². The Bertz CT molecular complexity index is 1140. The van der Waals surface area contributed by atoms with Crippen LogP contribution < -0.4 is 15.4 Å². The summed E-state index contributed by atoms with van der Waals surface area (Å²) >= 11 is 0. The average molecular weight is 466 g/mol. The van der Waals surface area contributed by atoms with E-state index in [1.807, 2.05) is 57.1 Å². The lowest BCUT2D eigenvalue weighted by Crippen LogP contribution is -2.19. The van der Waals surface area contributed by atoms with Crippen molar-refractivity contribution in [2.24, 2.45) is 0 Å². The first-order valence-electron chi connectivity index (χ1n) is 10.5. The van der Waals surface area contributed by atoms with Crippen molar-refractivity contribution >= 4 is 28.9 Å². The quantitative estimate of drug-likeness (QED) is 0.288. The van der Waals surface area contributed by atoms with Crippen LogP contribution in [0.25, 0.3) is 0 Å². The Kier molecular flexibility index (Phi) is 9.70. The van der Waals surface area contributed by atoms with Crippen LogP contribution in [0.2, 0.25) is 0 Å². The number of halogens is 1. The van der Waals surface area contributed by atoms with Crippen LogP contribution in [-0.2, 0) is 0 Å². The lowest BCUT2D eigenvalue weighted by molar-refractivity contribution is 0.104. The Morgan fingerprint density at radius 3 is 2.50 bits per heavy atom. The van der Waals surface area contributed by atoms with Gasteiger partial charge in [0.25, 0.3) is 0 Å². The summed E-state index contributed by atoms with van der Waals surface area (Å²) < 4.78 is 20.1. The molecule has 2 aromatic carbocycles. The number of anilines is 4. The third kappa shape index (κ3) is 7.97. The van der Waals surface area contributed by atoms with E-state index in [-0.39, 0.29) is 25.0 Å². The topological polar surface area (TPSA) is 79.4 Å². The van der Waals surface area contributed by atoms with Gasteiger partial charge in [-0.05, 0) is 58.3 Å². The van der Waals surface area contributed by atoms with Gasteiger partial charge in [0.05, 0.1) is 6.20 Å².